The van der Waals surface area contributed by atoms with Gasteiger partial charge >= 0.3 is 5.97 Å². The lowest BCUT2D eigenvalue weighted by atomic mass is 10.2. The number of para-hydroxylation sites is 1. The van der Waals surface area contributed by atoms with E-state index in [4.69, 9.17) is 4.74 Å². The van der Waals surface area contributed by atoms with Crippen LogP contribution in [-0.4, -0.2) is 22.4 Å². The first-order valence-electron chi connectivity index (χ1n) is 6.33. The number of carbonyl (C=O) groups excluding carboxylic acids is 1. The van der Waals surface area contributed by atoms with Crippen LogP contribution in [0.5, 0.6) is 0 Å². The van der Waals surface area contributed by atoms with Gasteiger partial charge < -0.3 is 4.74 Å². The van der Waals surface area contributed by atoms with Crippen LogP contribution in [0.4, 0.5) is 0 Å². The second-order valence-electron chi connectivity index (χ2n) is 4.26. The van der Waals surface area contributed by atoms with Gasteiger partial charge in [0.1, 0.15) is 6.54 Å². The first-order valence-corrected chi connectivity index (χ1v) is 6.33. The van der Waals surface area contributed by atoms with Gasteiger partial charge in [-0.2, -0.15) is 5.10 Å². The molecule has 0 spiro atoms. The van der Waals surface area contributed by atoms with Crippen LogP contribution >= 0.6 is 0 Å². The summed E-state index contributed by atoms with van der Waals surface area (Å²) in [6, 6.07) is 7.08. The zero-order chi connectivity index (χ0) is 13.7. The average Bonchev–Trinajstić information content (AvgIpc) is 2.43. The minimum atomic E-state index is -0.338. The molecule has 0 unspecified atom stereocenters. The Morgan fingerprint density at radius 3 is 2.95 bits per heavy atom. The first kappa shape index (κ1) is 13.3. The lowest BCUT2D eigenvalue weighted by molar-refractivity contribution is -0.144. The van der Waals surface area contributed by atoms with Crippen molar-refractivity contribution in [2.75, 3.05) is 6.61 Å². The molecule has 1 aromatic carbocycles. The van der Waals surface area contributed by atoms with Gasteiger partial charge in [-0.1, -0.05) is 25.5 Å². The van der Waals surface area contributed by atoms with E-state index in [1.165, 1.54) is 10.9 Å². The normalized spacial score (nSPS) is 10.6. The Hall–Kier alpha value is -2.17. The Morgan fingerprint density at radius 2 is 2.16 bits per heavy atom. The third-order valence-corrected chi connectivity index (χ3v) is 2.80. The fourth-order valence-corrected chi connectivity index (χ4v) is 1.79. The van der Waals surface area contributed by atoms with Crippen LogP contribution < -0.4 is 5.43 Å². The Labute approximate surface area is 110 Å². The molecule has 0 fully saturated rings. The maximum Gasteiger partial charge on any atom is 0.327 e. The van der Waals surface area contributed by atoms with Crippen molar-refractivity contribution in [3.05, 3.63) is 40.7 Å². The van der Waals surface area contributed by atoms with Crippen molar-refractivity contribution in [2.24, 2.45) is 0 Å². The molecule has 0 atom stereocenters. The number of esters is 1. The minimum Gasteiger partial charge on any atom is -0.464 e. The highest BCUT2D eigenvalue weighted by Crippen LogP contribution is 2.07. The number of hydrogen-bond donors (Lipinski definition) is 0. The standard InChI is InChI=1S/C14H16N2O3/c1-2-3-8-19-14(18)10-16-12-7-5-4-6-11(12)13(17)9-15-16/h4-7,9H,2-3,8,10H2,1H3. The minimum absolute atomic E-state index is 0.0184. The third kappa shape index (κ3) is 3.19. The van der Waals surface area contributed by atoms with E-state index >= 15 is 0 Å². The lowest BCUT2D eigenvalue weighted by Gasteiger charge is -2.08. The van der Waals surface area contributed by atoms with E-state index < -0.39 is 0 Å². The summed E-state index contributed by atoms with van der Waals surface area (Å²) < 4.78 is 6.58. The highest BCUT2D eigenvalue weighted by molar-refractivity contribution is 5.79. The molecule has 0 aliphatic heterocycles. The van der Waals surface area contributed by atoms with Gasteiger partial charge in [0.15, 0.2) is 0 Å². The van der Waals surface area contributed by atoms with Crippen LogP contribution in [0.15, 0.2) is 35.3 Å². The quantitative estimate of drug-likeness (QED) is 0.607. The summed E-state index contributed by atoms with van der Waals surface area (Å²) >= 11 is 0. The lowest BCUT2D eigenvalue weighted by Crippen LogP contribution is -2.19. The number of benzene rings is 1. The van der Waals surface area contributed by atoms with Crippen LogP contribution in [0, 0.1) is 0 Å². The number of unbranched alkanes of at least 4 members (excludes halogenated alkanes) is 1. The van der Waals surface area contributed by atoms with Crippen molar-refractivity contribution >= 4 is 16.9 Å². The van der Waals surface area contributed by atoms with E-state index in [1.807, 2.05) is 13.0 Å². The molecule has 0 amide bonds. The van der Waals surface area contributed by atoms with Crippen molar-refractivity contribution in [1.29, 1.82) is 0 Å². The molecular formula is C14H16N2O3. The highest BCUT2D eigenvalue weighted by Gasteiger charge is 2.08. The number of aromatic nitrogens is 2. The van der Waals surface area contributed by atoms with Gasteiger partial charge in [-0.15, -0.1) is 0 Å². The van der Waals surface area contributed by atoms with E-state index in [1.54, 1.807) is 18.2 Å². The molecule has 5 nitrogen and oxygen atoms in total. The van der Waals surface area contributed by atoms with Crippen LogP contribution in [0.3, 0.4) is 0 Å². The highest BCUT2D eigenvalue weighted by atomic mass is 16.5. The number of fused-ring (bicyclic) bond motifs is 1. The van der Waals surface area contributed by atoms with E-state index in [9.17, 15) is 9.59 Å². The fraction of sp³-hybridized carbons (Fsp3) is 0.357. The molecule has 0 aliphatic rings. The molecule has 5 heteroatoms. The Morgan fingerprint density at radius 1 is 1.37 bits per heavy atom. The van der Waals surface area contributed by atoms with Gasteiger partial charge in [-0.25, -0.2) is 0 Å². The Bertz CT molecular complexity index is 634. The molecule has 0 saturated heterocycles. The summed E-state index contributed by atoms with van der Waals surface area (Å²) in [5.74, 6) is -0.338. The summed E-state index contributed by atoms with van der Waals surface area (Å²) in [5.41, 5.74) is 0.494. The Kier molecular flexibility index (Phi) is 4.28. The van der Waals surface area contributed by atoms with Gasteiger partial charge in [-0.05, 0) is 18.6 Å². The molecule has 2 rings (SSSR count). The van der Waals surface area contributed by atoms with Gasteiger partial charge in [0, 0.05) is 5.39 Å². The predicted molar refractivity (Wildman–Crippen MR) is 71.9 cm³/mol. The summed E-state index contributed by atoms with van der Waals surface area (Å²) in [5, 5.41) is 4.53. The van der Waals surface area contributed by atoms with Crippen molar-refractivity contribution < 1.29 is 9.53 Å². The van der Waals surface area contributed by atoms with Crippen LogP contribution in [0.25, 0.3) is 10.9 Å². The molecule has 0 radical (unpaired) electrons. The molecule has 19 heavy (non-hydrogen) atoms. The van der Waals surface area contributed by atoms with E-state index in [2.05, 4.69) is 5.10 Å². The number of ether oxygens (including phenoxy) is 1. The van der Waals surface area contributed by atoms with Crippen molar-refractivity contribution in [3.63, 3.8) is 0 Å². The largest absolute Gasteiger partial charge is 0.464 e. The molecule has 0 N–H and O–H groups in total. The van der Waals surface area contributed by atoms with Gasteiger partial charge in [-0.3, -0.25) is 14.3 Å². The summed E-state index contributed by atoms with van der Waals surface area (Å²) in [4.78, 5) is 23.3. The predicted octanol–water partition coefficient (Wildman–Crippen LogP) is 1.74. The second kappa shape index (κ2) is 6.13. The maximum atomic E-state index is 11.7. The van der Waals surface area contributed by atoms with Crippen LogP contribution in [-0.2, 0) is 16.1 Å². The Balaban J connectivity index is 2.19. The SMILES string of the molecule is CCCCOC(=O)Cn1ncc(=O)c2ccccc21. The van der Waals surface area contributed by atoms with Crippen LogP contribution in [0.2, 0.25) is 0 Å². The number of nitrogens with zero attached hydrogens (tertiary/aromatic N) is 2. The average molecular weight is 260 g/mol. The molecule has 0 aliphatic carbocycles. The summed E-state index contributed by atoms with van der Waals surface area (Å²) in [7, 11) is 0. The van der Waals surface area contributed by atoms with E-state index in [0.717, 1.165) is 12.8 Å². The van der Waals surface area contributed by atoms with E-state index in [0.29, 0.717) is 17.5 Å². The van der Waals surface area contributed by atoms with Gasteiger partial charge in [0.2, 0.25) is 5.43 Å². The van der Waals surface area contributed by atoms with Crippen LogP contribution in [0.1, 0.15) is 19.8 Å². The molecular weight excluding hydrogens is 244 g/mol. The summed E-state index contributed by atoms with van der Waals surface area (Å²) in [6.07, 6.45) is 3.05. The van der Waals surface area contributed by atoms with E-state index in [-0.39, 0.29) is 17.9 Å². The summed E-state index contributed by atoms with van der Waals surface area (Å²) in [6.45, 7) is 2.47. The van der Waals surface area contributed by atoms with Crippen molar-refractivity contribution in [1.82, 2.24) is 9.78 Å². The zero-order valence-electron chi connectivity index (χ0n) is 10.8. The fourth-order valence-electron chi connectivity index (χ4n) is 1.79. The molecule has 2 aromatic rings. The number of hydrogen-bond acceptors (Lipinski definition) is 4. The van der Waals surface area contributed by atoms with Gasteiger partial charge in [0.05, 0.1) is 18.3 Å². The monoisotopic (exact) mass is 260 g/mol. The maximum absolute atomic E-state index is 11.7. The number of carbonyl (C=O) groups is 1. The third-order valence-electron chi connectivity index (χ3n) is 2.80. The van der Waals surface area contributed by atoms with Gasteiger partial charge in [0.25, 0.3) is 0 Å². The second-order valence-corrected chi connectivity index (χ2v) is 4.26. The molecule has 1 heterocycles. The molecule has 0 saturated carbocycles. The topological polar surface area (TPSA) is 61.2 Å². The smallest absolute Gasteiger partial charge is 0.327 e. The number of rotatable bonds is 5. The molecule has 0 bridgehead atoms. The molecule has 100 valence electrons. The van der Waals surface area contributed by atoms with Crippen molar-refractivity contribution in [2.45, 2.75) is 26.3 Å². The molecule has 1 aromatic heterocycles. The first-order chi connectivity index (χ1) is 9.22. The van der Waals surface area contributed by atoms with Crippen molar-refractivity contribution in [3.8, 4) is 0 Å². The zero-order valence-corrected chi connectivity index (χ0v) is 10.8.